The Morgan fingerprint density at radius 2 is 2.18 bits per heavy atom. The SMILES string of the molecule is CCC1(CSC(C)=O)CCC1. The Bertz CT molecular complexity index is 144. The van der Waals surface area contributed by atoms with E-state index in [1.54, 1.807) is 6.92 Å². The highest BCUT2D eigenvalue weighted by molar-refractivity contribution is 8.13. The van der Waals surface area contributed by atoms with Crippen molar-refractivity contribution in [2.24, 2.45) is 5.41 Å². The van der Waals surface area contributed by atoms with Crippen molar-refractivity contribution in [1.82, 2.24) is 0 Å². The van der Waals surface area contributed by atoms with Crippen LogP contribution in [-0.2, 0) is 4.79 Å². The molecule has 0 saturated heterocycles. The Hall–Kier alpha value is 0.0200. The summed E-state index contributed by atoms with van der Waals surface area (Å²) in [7, 11) is 0. The Labute approximate surface area is 72.9 Å². The molecule has 0 aromatic rings. The van der Waals surface area contributed by atoms with Gasteiger partial charge in [-0.05, 0) is 24.7 Å². The van der Waals surface area contributed by atoms with Gasteiger partial charge >= 0.3 is 0 Å². The van der Waals surface area contributed by atoms with Gasteiger partial charge in [0.25, 0.3) is 0 Å². The minimum atomic E-state index is 0.268. The molecule has 64 valence electrons. The molecule has 0 spiro atoms. The first-order chi connectivity index (χ1) is 5.18. The number of rotatable bonds is 3. The molecule has 0 aromatic heterocycles. The zero-order valence-corrected chi connectivity index (χ0v) is 8.17. The van der Waals surface area contributed by atoms with E-state index in [0.29, 0.717) is 5.41 Å². The lowest BCUT2D eigenvalue weighted by atomic mass is 9.68. The molecule has 0 aromatic carbocycles. The molecule has 1 saturated carbocycles. The molecule has 0 amide bonds. The molecular formula is C9H16OS. The fraction of sp³-hybridized carbons (Fsp3) is 0.889. The third-order valence-electron chi connectivity index (χ3n) is 2.75. The third kappa shape index (κ3) is 2.22. The second-order valence-electron chi connectivity index (χ2n) is 3.49. The lowest BCUT2D eigenvalue weighted by Crippen LogP contribution is -2.31. The highest BCUT2D eigenvalue weighted by atomic mass is 32.2. The molecule has 0 radical (unpaired) electrons. The highest BCUT2D eigenvalue weighted by Gasteiger charge is 2.34. The van der Waals surface area contributed by atoms with Gasteiger partial charge in [-0.25, -0.2) is 0 Å². The lowest BCUT2D eigenvalue weighted by Gasteiger charge is -2.40. The Morgan fingerprint density at radius 3 is 2.45 bits per heavy atom. The van der Waals surface area contributed by atoms with Gasteiger partial charge < -0.3 is 0 Å². The van der Waals surface area contributed by atoms with Crippen molar-refractivity contribution in [3.8, 4) is 0 Å². The largest absolute Gasteiger partial charge is 0.288 e. The van der Waals surface area contributed by atoms with Crippen molar-refractivity contribution in [3.63, 3.8) is 0 Å². The van der Waals surface area contributed by atoms with Crippen LogP contribution in [0.3, 0.4) is 0 Å². The number of hydrogen-bond donors (Lipinski definition) is 0. The number of thioether (sulfide) groups is 1. The summed E-state index contributed by atoms with van der Waals surface area (Å²) in [5.41, 5.74) is 0.538. The fourth-order valence-electron chi connectivity index (χ4n) is 1.53. The van der Waals surface area contributed by atoms with Crippen LogP contribution in [0.5, 0.6) is 0 Å². The van der Waals surface area contributed by atoms with E-state index in [4.69, 9.17) is 0 Å². The van der Waals surface area contributed by atoms with Gasteiger partial charge in [0.15, 0.2) is 5.12 Å². The van der Waals surface area contributed by atoms with Crippen LogP contribution in [0.1, 0.15) is 39.5 Å². The molecule has 0 unspecified atom stereocenters. The quantitative estimate of drug-likeness (QED) is 0.651. The molecule has 1 aliphatic rings. The summed E-state index contributed by atoms with van der Waals surface area (Å²) in [5, 5.41) is 0.268. The van der Waals surface area contributed by atoms with E-state index in [1.165, 1.54) is 37.4 Å². The standard InChI is InChI=1S/C9H16OS/c1-3-9(5-4-6-9)7-11-8(2)10/h3-7H2,1-2H3. The van der Waals surface area contributed by atoms with Crippen LogP contribution < -0.4 is 0 Å². The van der Waals surface area contributed by atoms with Crippen LogP contribution in [0, 0.1) is 5.41 Å². The van der Waals surface area contributed by atoms with Gasteiger partial charge in [-0.3, -0.25) is 4.79 Å². The van der Waals surface area contributed by atoms with Gasteiger partial charge in [0.05, 0.1) is 0 Å². The smallest absolute Gasteiger partial charge is 0.185 e. The minimum absolute atomic E-state index is 0.268. The first-order valence-electron chi connectivity index (χ1n) is 4.32. The second-order valence-corrected chi connectivity index (χ2v) is 4.64. The van der Waals surface area contributed by atoms with Gasteiger partial charge in [-0.1, -0.05) is 25.1 Å². The van der Waals surface area contributed by atoms with E-state index in [-0.39, 0.29) is 5.12 Å². The molecule has 0 aliphatic heterocycles. The number of carbonyl (C=O) groups excluding carboxylic acids is 1. The molecule has 1 fully saturated rings. The summed E-state index contributed by atoms with van der Waals surface area (Å²) in [6.45, 7) is 3.90. The first kappa shape index (κ1) is 9.11. The molecule has 1 nitrogen and oxygen atoms in total. The molecule has 0 bridgehead atoms. The molecule has 2 heteroatoms. The maximum absolute atomic E-state index is 10.7. The summed E-state index contributed by atoms with van der Waals surface area (Å²) < 4.78 is 0. The van der Waals surface area contributed by atoms with Crippen molar-refractivity contribution in [2.75, 3.05) is 5.75 Å². The third-order valence-corrected chi connectivity index (χ3v) is 3.91. The lowest BCUT2D eigenvalue weighted by molar-refractivity contribution is -0.109. The molecule has 0 atom stereocenters. The maximum Gasteiger partial charge on any atom is 0.185 e. The van der Waals surface area contributed by atoms with Crippen LogP contribution in [0.25, 0.3) is 0 Å². The first-order valence-corrected chi connectivity index (χ1v) is 5.30. The maximum atomic E-state index is 10.7. The van der Waals surface area contributed by atoms with Crippen LogP contribution >= 0.6 is 11.8 Å². The van der Waals surface area contributed by atoms with Crippen molar-refractivity contribution in [2.45, 2.75) is 39.5 Å². The highest BCUT2D eigenvalue weighted by Crippen LogP contribution is 2.45. The van der Waals surface area contributed by atoms with Crippen molar-refractivity contribution < 1.29 is 4.79 Å². The minimum Gasteiger partial charge on any atom is -0.288 e. The van der Waals surface area contributed by atoms with E-state index < -0.39 is 0 Å². The van der Waals surface area contributed by atoms with E-state index in [0.717, 1.165) is 5.75 Å². The number of hydrogen-bond acceptors (Lipinski definition) is 2. The average Bonchev–Trinajstić information content (AvgIpc) is 1.86. The molecule has 1 aliphatic carbocycles. The van der Waals surface area contributed by atoms with Gasteiger partial charge in [0.1, 0.15) is 0 Å². The van der Waals surface area contributed by atoms with Crippen LogP contribution in [0.2, 0.25) is 0 Å². The predicted octanol–water partition coefficient (Wildman–Crippen LogP) is 2.85. The summed E-state index contributed by atoms with van der Waals surface area (Å²) in [5.74, 6) is 1.05. The van der Waals surface area contributed by atoms with Gasteiger partial charge in [-0.2, -0.15) is 0 Å². The van der Waals surface area contributed by atoms with Crippen molar-refractivity contribution in [3.05, 3.63) is 0 Å². The molecular weight excluding hydrogens is 156 g/mol. The van der Waals surface area contributed by atoms with Crippen LogP contribution in [-0.4, -0.2) is 10.9 Å². The van der Waals surface area contributed by atoms with Gasteiger partial charge in [0, 0.05) is 12.7 Å². The Balaban J connectivity index is 2.27. The molecule has 0 heterocycles. The fourth-order valence-corrected chi connectivity index (χ4v) is 2.53. The van der Waals surface area contributed by atoms with Crippen LogP contribution in [0.15, 0.2) is 0 Å². The van der Waals surface area contributed by atoms with Crippen LogP contribution in [0.4, 0.5) is 0 Å². The molecule has 11 heavy (non-hydrogen) atoms. The summed E-state index contributed by atoms with van der Waals surface area (Å²) in [6, 6.07) is 0. The van der Waals surface area contributed by atoms with Crippen molar-refractivity contribution in [1.29, 1.82) is 0 Å². The predicted molar refractivity (Wildman–Crippen MR) is 49.7 cm³/mol. The van der Waals surface area contributed by atoms with E-state index in [2.05, 4.69) is 6.92 Å². The Morgan fingerprint density at radius 1 is 1.55 bits per heavy atom. The second kappa shape index (κ2) is 3.61. The summed E-state index contributed by atoms with van der Waals surface area (Å²) in [4.78, 5) is 10.7. The zero-order valence-electron chi connectivity index (χ0n) is 7.35. The normalized spacial score (nSPS) is 20.9. The molecule has 0 N–H and O–H groups in total. The molecule has 1 rings (SSSR count). The monoisotopic (exact) mass is 172 g/mol. The van der Waals surface area contributed by atoms with Gasteiger partial charge in [-0.15, -0.1) is 0 Å². The van der Waals surface area contributed by atoms with Gasteiger partial charge in [0.2, 0.25) is 0 Å². The van der Waals surface area contributed by atoms with E-state index >= 15 is 0 Å². The Kier molecular flexibility index (Phi) is 2.99. The van der Waals surface area contributed by atoms with E-state index in [9.17, 15) is 4.79 Å². The summed E-state index contributed by atoms with van der Waals surface area (Å²) in [6.07, 6.45) is 5.28. The number of carbonyl (C=O) groups is 1. The van der Waals surface area contributed by atoms with E-state index in [1.807, 2.05) is 0 Å². The zero-order chi connectivity index (χ0) is 8.32. The van der Waals surface area contributed by atoms with Crippen molar-refractivity contribution >= 4 is 16.9 Å². The topological polar surface area (TPSA) is 17.1 Å². The average molecular weight is 172 g/mol. The summed E-state index contributed by atoms with van der Waals surface area (Å²) >= 11 is 1.50.